The number of nitrogens with one attached hydrogen (secondary N) is 1. The molecule has 0 heterocycles. The summed E-state index contributed by atoms with van der Waals surface area (Å²) in [6.45, 7) is 6.48. The van der Waals surface area contributed by atoms with Gasteiger partial charge in [-0.05, 0) is 55.5 Å². The molecule has 1 aromatic rings. The summed E-state index contributed by atoms with van der Waals surface area (Å²) in [4.78, 5) is 22.9. The highest BCUT2D eigenvalue weighted by Crippen LogP contribution is 2.19. The number of aryl methyl sites for hydroxylation is 1. The molecule has 21 heavy (non-hydrogen) atoms. The van der Waals surface area contributed by atoms with Crippen LogP contribution in [0.4, 0.5) is 5.69 Å². The highest BCUT2D eigenvalue weighted by atomic mass is 16.4. The fourth-order valence-corrected chi connectivity index (χ4v) is 2.33. The topological polar surface area (TPSA) is 92.4 Å². The Bertz CT molecular complexity index is 512. The molecule has 0 aliphatic rings. The van der Waals surface area contributed by atoms with Crippen molar-refractivity contribution in [2.45, 2.75) is 33.6 Å². The van der Waals surface area contributed by atoms with Crippen LogP contribution >= 0.6 is 0 Å². The van der Waals surface area contributed by atoms with Gasteiger partial charge in [-0.25, -0.2) is 4.79 Å². The Labute approximate surface area is 125 Å². The van der Waals surface area contributed by atoms with Crippen LogP contribution in [-0.4, -0.2) is 23.5 Å². The second-order valence-electron chi connectivity index (χ2n) is 5.82. The van der Waals surface area contributed by atoms with Crippen molar-refractivity contribution < 1.29 is 14.7 Å². The van der Waals surface area contributed by atoms with Gasteiger partial charge in [0.15, 0.2) is 0 Å². The molecule has 0 bridgehead atoms. The monoisotopic (exact) mass is 292 g/mol. The van der Waals surface area contributed by atoms with Gasteiger partial charge in [0.25, 0.3) is 0 Å². The van der Waals surface area contributed by atoms with Crippen LogP contribution in [0.25, 0.3) is 0 Å². The number of carbonyl (C=O) groups is 2. The Kier molecular flexibility index (Phi) is 6.37. The summed E-state index contributed by atoms with van der Waals surface area (Å²) in [6, 6.07) is 4.66. The summed E-state index contributed by atoms with van der Waals surface area (Å²) < 4.78 is 0. The first-order valence-corrected chi connectivity index (χ1v) is 7.17. The Morgan fingerprint density at radius 2 is 2.00 bits per heavy atom. The van der Waals surface area contributed by atoms with E-state index in [-0.39, 0.29) is 17.4 Å². The number of benzene rings is 1. The molecule has 1 rings (SSSR count). The maximum absolute atomic E-state index is 12.1. The summed E-state index contributed by atoms with van der Waals surface area (Å²) in [5.41, 5.74) is 7.29. The smallest absolute Gasteiger partial charge is 0.335 e. The van der Waals surface area contributed by atoms with Crippen molar-refractivity contribution in [2.24, 2.45) is 17.6 Å². The van der Waals surface area contributed by atoms with Crippen LogP contribution in [0.2, 0.25) is 0 Å². The summed E-state index contributed by atoms with van der Waals surface area (Å²) in [7, 11) is 0. The van der Waals surface area contributed by atoms with Crippen molar-refractivity contribution in [1.82, 2.24) is 0 Å². The van der Waals surface area contributed by atoms with Crippen molar-refractivity contribution in [3.05, 3.63) is 29.3 Å². The molecule has 4 N–H and O–H groups in total. The lowest BCUT2D eigenvalue weighted by atomic mass is 9.94. The molecule has 5 heteroatoms. The van der Waals surface area contributed by atoms with Crippen molar-refractivity contribution in [1.29, 1.82) is 0 Å². The Hall–Kier alpha value is -1.88. The Balaban J connectivity index is 2.68. The van der Waals surface area contributed by atoms with Gasteiger partial charge in [0.2, 0.25) is 5.91 Å². The van der Waals surface area contributed by atoms with Gasteiger partial charge >= 0.3 is 5.97 Å². The van der Waals surface area contributed by atoms with E-state index in [9.17, 15) is 9.59 Å². The summed E-state index contributed by atoms with van der Waals surface area (Å²) >= 11 is 0. The molecule has 0 radical (unpaired) electrons. The van der Waals surface area contributed by atoms with Gasteiger partial charge < -0.3 is 16.2 Å². The van der Waals surface area contributed by atoms with Crippen molar-refractivity contribution in [2.75, 3.05) is 11.9 Å². The average molecular weight is 292 g/mol. The maximum atomic E-state index is 12.1. The number of carbonyl (C=O) groups excluding carboxylic acids is 1. The molecule has 0 saturated carbocycles. The number of hydrogen-bond acceptors (Lipinski definition) is 3. The quantitative estimate of drug-likeness (QED) is 0.720. The molecule has 0 aliphatic heterocycles. The first-order valence-electron chi connectivity index (χ1n) is 7.17. The van der Waals surface area contributed by atoms with E-state index in [1.165, 1.54) is 6.07 Å². The molecule has 0 aromatic heterocycles. The summed E-state index contributed by atoms with van der Waals surface area (Å²) in [5.74, 6) is -0.389. The zero-order chi connectivity index (χ0) is 16.0. The number of rotatable bonds is 7. The fraction of sp³-hybridized carbons (Fsp3) is 0.500. The van der Waals surface area contributed by atoms with Gasteiger partial charge in [0.05, 0.1) is 5.56 Å². The van der Waals surface area contributed by atoms with E-state index in [4.69, 9.17) is 10.8 Å². The van der Waals surface area contributed by atoms with Crippen LogP contribution < -0.4 is 11.1 Å². The minimum atomic E-state index is -0.976. The van der Waals surface area contributed by atoms with Crippen LogP contribution in [0.1, 0.15) is 42.6 Å². The highest BCUT2D eigenvalue weighted by Gasteiger charge is 2.15. The van der Waals surface area contributed by atoms with E-state index >= 15 is 0 Å². The number of hydrogen-bond donors (Lipinski definition) is 3. The van der Waals surface area contributed by atoms with Crippen LogP contribution in [0, 0.1) is 18.8 Å². The zero-order valence-corrected chi connectivity index (χ0v) is 12.8. The molecular formula is C16H24N2O3. The standard InChI is InChI=1S/C16H24N2O3/c1-10(2)6-12(9-17)8-15(19)18-14-5-4-13(16(20)21)7-11(14)3/h4-5,7,10,12H,6,8-9,17H2,1-3H3,(H,18,19)(H,20,21). The molecule has 116 valence electrons. The van der Waals surface area contributed by atoms with Gasteiger partial charge in [-0.3, -0.25) is 4.79 Å². The molecule has 0 fully saturated rings. The molecule has 0 aliphatic carbocycles. The van der Waals surface area contributed by atoms with Crippen molar-refractivity contribution in [3.8, 4) is 0 Å². The van der Waals surface area contributed by atoms with Gasteiger partial charge in [-0.15, -0.1) is 0 Å². The van der Waals surface area contributed by atoms with Gasteiger partial charge in [0.1, 0.15) is 0 Å². The van der Waals surface area contributed by atoms with E-state index in [1.807, 2.05) is 0 Å². The third-order valence-electron chi connectivity index (χ3n) is 3.36. The van der Waals surface area contributed by atoms with Crippen molar-refractivity contribution in [3.63, 3.8) is 0 Å². The number of carboxylic acids is 1. The summed E-state index contributed by atoms with van der Waals surface area (Å²) in [5, 5.41) is 11.7. The minimum Gasteiger partial charge on any atom is -0.478 e. The molecule has 1 amide bonds. The minimum absolute atomic E-state index is 0.0859. The van der Waals surface area contributed by atoms with Gasteiger partial charge in [0, 0.05) is 12.1 Å². The molecule has 0 spiro atoms. The molecular weight excluding hydrogens is 268 g/mol. The fourth-order valence-electron chi connectivity index (χ4n) is 2.33. The van der Waals surface area contributed by atoms with E-state index < -0.39 is 5.97 Å². The van der Waals surface area contributed by atoms with Crippen molar-refractivity contribution >= 4 is 17.6 Å². The van der Waals surface area contributed by atoms with Crippen LogP contribution in [-0.2, 0) is 4.79 Å². The second-order valence-corrected chi connectivity index (χ2v) is 5.82. The average Bonchev–Trinajstić information content (AvgIpc) is 2.39. The lowest BCUT2D eigenvalue weighted by molar-refractivity contribution is -0.117. The van der Waals surface area contributed by atoms with Gasteiger partial charge in [-0.1, -0.05) is 13.8 Å². The molecule has 1 atom stereocenters. The molecule has 1 unspecified atom stereocenters. The first kappa shape index (κ1) is 17.2. The second kappa shape index (κ2) is 7.78. The molecule has 0 saturated heterocycles. The van der Waals surface area contributed by atoms with Crippen LogP contribution in [0.3, 0.4) is 0 Å². The Morgan fingerprint density at radius 1 is 1.33 bits per heavy atom. The number of anilines is 1. The normalized spacial score (nSPS) is 12.2. The summed E-state index contributed by atoms with van der Waals surface area (Å²) in [6.07, 6.45) is 1.30. The van der Waals surface area contributed by atoms with Crippen LogP contribution in [0.5, 0.6) is 0 Å². The number of nitrogens with two attached hydrogens (primary N) is 1. The molecule has 5 nitrogen and oxygen atoms in total. The SMILES string of the molecule is Cc1cc(C(=O)O)ccc1NC(=O)CC(CN)CC(C)C. The predicted molar refractivity (Wildman–Crippen MR) is 83.4 cm³/mol. The van der Waals surface area contributed by atoms with Gasteiger partial charge in [-0.2, -0.15) is 0 Å². The zero-order valence-electron chi connectivity index (χ0n) is 12.8. The van der Waals surface area contributed by atoms with E-state index in [0.717, 1.165) is 12.0 Å². The van der Waals surface area contributed by atoms with E-state index in [0.29, 0.717) is 24.6 Å². The van der Waals surface area contributed by atoms with E-state index in [2.05, 4.69) is 19.2 Å². The Morgan fingerprint density at radius 3 is 2.48 bits per heavy atom. The first-order chi connectivity index (χ1) is 9.83. The lowest BCUT2D eigenvalue weighted by Gasteiger charge is -2.17. The molecule has 1 aromatic carbocycles. The number of amides is 1. The highest BCUT2D eigenvalue weighted by molar-refractivity contribution is 5.93. The third-order valence-corrected chi connectivity index (χ3v) is 3.36. The van der Waals surface area contributed by atoms with Crippen LogP contribution in [0.15, 0.2) is 18.2 Å². The number of aromatic carboxylic acids is 1. The predicted octanol–water partition coefficient (Wildman–Crippen LogP) is 2.64. The maximum Gasteiger partial charge on any atom is 0.335 e. The largest absolute Gasteiger partial charge is 0.478 e. The third kappa shape index (κ3) is 5.55. The van der Waals surface area contributed by atoms with E-state index in [1.54, 1.807) is 19.1 Å². The lowest BCUT2D eigenvalue weighted by Crippen LogP contribution is -2.23. The number of carboxylic acid groups (broad SMARTS) is 1.